The second-order valence-electron chi connectivity index (χ2n) is 8.06. The van der Waals surface area contributed by atoms with Crippen LogP contribution in [-0.4, -0.2) is 46.7 Å². The zero-order chi connectivity index (χ0) is 23.7. The number of hydrogen-bond acceptors (Lipinski definition) is 6. The molecule has 1 saturated heterocycles. The highest BCUT2D eigenvalue weighted by Gasteiger charge is 2.50. The van der Waals surface area contributed by atoms with E-state index in [4.69, 9.17) is 21.1 Å². The van der Waals surface area contributed by atoms with Crippen molar-refractivity contribution in [2.75, 3.05) is 30.8 Å². The fourth-order valence-corrected chi connectivity index (χ4v) is 5.91. The first kappa shape index (κ1) is 23.9. The molecule has 10 heteroatoms. The van der Waals surface area contributed by atoms with Crippen LogP contribution in [-0.2, 0) is 21.2 Å². The van der Waals surface area contributed by atoms with Gasteiger partial charge in [-0.3, -0.25) is 9.59 Å². The van der Waals surface area contributed by atoms with E-state index in [0.29, 0.717) is 28.8 Å². The van der Waals surface area contributed by atoms with Crippen LogP contribution in [0.3, 0.4) is 0 Å². The molecule has 0 atom stereocenters. The molecule has 172 valence electrons. The van der Waals surface area contributed by atoms with Crippen LogP contribution >= 0.6 is 11.6 Å². The molecule has 8 nitrogen and oxygen atoms in total. The molecule has 0 bridgehead atoms. The van der Waals surface area contributed by atoms with E-state index in [1.165, 1.54) is 18.2 Å². The van der Waals surface area contributed by atoms with Gasteiger partial charge in [-0.15, -0.1) is 0 Å². The molecule has 3 rings (SSSR count). The molecule has 0 aliphatic carbocycles. The summed E-state index contributed by atoms with van der Waals surface area (Å²) in [4.78, 5) is 25.4. The van der Waals surface area contributed by atoms with Crippen molar-refractivity contribution >= 4 is 39.1 Å². The Morgan fingerprint density at radius 2 is 1.88 bits per heavy atom. The number of hydrogen-bond donors (Lipinski definition) is 1. The summed E-state index contributed by atoms with van der Waals surface area (Å²) in [6.07, 6.45) is 0.486. The van der Waals surface area contributed by atoms with Crippen LogP contribution in [0.25, 0.3) is 0 Å². The lowest BCUT2D eigenvalue weighted by Crippen LogP contribution is -2.33. The van der Waals surface area contributed by atoms with Crippen molar-refractivity contribution in [1.82, 2.24) is 5.32 Å². The lowest BCUT2D eigenvalue weighted by Gasteiger charge is -2.19. The Balaban J connectivity index is 1.78. The van der Waals surface area contributed by atoms with Crippen LogP contribution in [0.15, 0.2) is 36.4 Å². The monoisotopic (exact) mass is 480 g/mol. The molecular formula is C22H25ClN2O6S. The van der Waals surface area contributed by atoms with Crippen molar-refractivity contribution in [3.8, 4) is 11.5 Å². The number of sulfonamides is 1. The molecule has 2 aromatic carbocycles. The zero-order valence-electron chi connectivity index (χ0n) is 18.3. The van der Waals surface area contributed by atoms with E-state index in [2.05, 4.69) is 5.32 Å². The molecule has 0 radical (unpaired) electrons. The zero-order valence-corrected chi connectivity index (χ0v) is 19.8. The largest absolute Gasteiger partial charge is 0.497 e. The van der Waals surface area contributed by atoms with Gasteiger partial charge in [-0.25, -0.2) is 12.7 Å². The maximum Gasteiger partial charge on any atom is 0.251 e. The fourth-order valence-electron chi connectivity index (χ4n) is 3.54. The molecule has 1 heterocycles. The fraction of sp³-hybridized carbons (Fsp3) is 0.364. The molecule has 1 N–H and O–H groups in total. The molecular weight excluding hydrogens is 456 g/mol. The first-order chi connectivity index (χ1) is 15.0. The predicted molar refractivity (Wildman–Crippen MR) is 122 cm³/mol. The number of ether oxygens (including phenoxy) is 2. The number of nitrogens with zero attached hydrogens (tertiary/aromatic N) is 1. The van der Waals surface area contributed by atoms with E-state index in [0.717, 1.165) is 5.56 Å². The minimum atomic E-state index is -3.89. The first-order valence-corrected chi connectivity index (χ1v) is 11.8. The summed E-state index contributed by atoms with van der Waals surface area (Å²) < 4.78 is 36.4. The van der Waals surface area contributed by atoms with Crippen molar-refractivity contribution in [2.24, 2.45) is 5.41 Å². The third-order valence-electron chi connectivity index (χ3n) is 5.18. The standard InChI is InChI=1S/C22H25ClN2O6S/c1-22(2)13-32(28,29)25(21(22)27)18-12-15(5-7-17(18)23)20(26)24-10-9-14-11-16(30-3)6-8-19(14)31-4/h5-8,11-12H,9-10,13H2,1-4H3,(H,24,26). The number of halogens is 1. The lowest BCUT2D eigenvalue weighted by molar-refractivity contribution is -0.123. The summed E-state index contributed by atoms with van der Waals surface area (Å²) in [5.74, 6) is 0.0202. The normalized spacial score (nSPS) is 16.7. The van der Waals surface area contributed by atoms with Gasteiger partial charge in [0.2, 0.25) is 15.9 Å². The minimum Gasteiger partial charge on any atom is -0.497 e. The highest BCUT2D eigenvalue weighted by molar-refractivity contribution is 7.94. The number of methoxy groups -OCH3 is 2. The number of amides is 2. The van der Waals surface area contributed by atoms with E-state index < -0.39 is 27.3 Å². The van der Waals surface area contributed by atoms with Gasteiger partial charge >= 0.3 is 0 Å². The van der Waals surface area contributed by atoms with Crippen LogP contribution in [0.1, 0.15) is 29.8 Å². The molecule has 32 heavy (non-hydrogen) atoms. The Bertz CT molecular complexity index is 1160. The van der Waals surface area contributed by atoms with Crippen molar-refractivity contribution in [3.05, 3.63) is 52.5 Å². The Hall–Kier alpha value is -2.78. The average molecular weight is 481 g/mol. The molecule has 1 aliphatic rings. The third kappa shape index (κ3) is 4.68. The highest BCUT2D eigenvalue weighted by Crippen LogP contribution is 2.39. The highest BCUT2D eigenvalue weighted by atomic mass is 35.5. The number of carbonyl (C=O) groups excluding carboxylic acids is 2. The minimum absolute atomic E-state index is 0.0237. The van der Waals surface area contributed by atoms with Crippen LogP contribution in [0, 0.1) is 5.41 Å². The summed E-state index contributed by atoms with van der Waals surface area (Å²) in [6, 6.07) is 9.61. The van der Waals surface area contributed by atoms with Crippen molar-refractivity contribution in [1.29, 1.82) is 0 Å². The summed E-state index contributed by atoms with van der Waals surface area (Å²) in [6.45, 7) is 3.42. The van der Waals surface area contributed by atoms with Crippen molar-refractivity contribution in [3.63, 3.8) is 0 Å². The predicted octanol–water partition coefficient (Wildman–Crippen LogP) is 3.03. The summed E-state index contributed by atoms with van der Waals surface area (Å²) in [5.41, 5.74) is -0.0463. The van der Waals surface area contributed by atoms with E-state index in [9.17, 15) is 18.0 Å². The van der Waals surface area contributed by atoms with Gasteiger partial charge in [0, 0.05) is 12.1 Å². The Morgan fingerprint density at radius 1 is 1.16 bits per heavy atom. The number of rotatable bonds is 7. The van der Waals surface area contributed by atoms with Gasteiger partial charge in [0.25, 0.3) is 5.91 Å². The van der Waals surface area contributed by atoms with E-state index in [1.807, 2.05) is 6.07 Å². The Kier molecular flexibility index (Phi) is 6.71. The first-order valence-electron chi connectivity index (χ1n) is 9.86. The number of benzene rings is 2. The van der Waals surface area contributed by atoms with Crippen LogP contribution in [0.2, 0.25) is 5.02 Å². The number of anilines is 1. The van der Waals surface area contributed by atoms with Gasteiger partial charge < -0.3 is 14.8 Å². The Morgan fingerprint density at radius 3 is 2.47 bits per heavy atom. The van der Waals surface area contributed by atoms with Gasteiger partial charge in [-0.2, -0.15) is 0 Å². The number of carbonyl (C=O) groups is 2. The van der Waals surface area contributed by atoms with E-state index in [-0.39, 0.29) is 22.0 Å². The quantitative estimate of drug-likeness (QED) is 0.653. The van der Waals surface area contributed by atoms with Gasteiger partial charge in [-0.05, 0) is 62.2 Å². The molecule has 1 fully saturated rings. The molecule has 0 unspecified atom stereocenters. The second-order valence-corrected chi connectivity index (χ2v) is 10.3. The molecule has 0 saturated carbocycles. The van der Waals surface area contributed by atoms with Gasteiger partial charge in [-0.1, -0.05) is 11.6 Å². The van der Waals surface area contributed by atoms with Gasteiger partial charge in [0.05, 0.1) is 36.1 Å². The third-order valence-corrected chi connectivity index (χ3v) is 7.50. The topological polar surface area (TPSA) is 102 Å². The molecule has 2 aromatic rings. The van der Waals surface area contributed by atoms with Crippen molar-refractivity contribution in [2.45, 2.75) is 20.3 Å². The smallest absolute Gasteiger partial charge is 0.251 e. The summed E-state index contributed by atoms with van der Waals surface area (Å²) >= 11 is 6.20. The summed E-state index contributed by atoms with van der Waals surface area (Å²) in [5, 5.41) is 2.86. The SMILES string of the molecule is COc1ccc(OC)c(CCNC(=O)c2ccc(Cl)c(N3C(=O)C(C)(C)CS3(=O)=O)c2)c1. The lowest BCUT2D eigenvalue weighted by atomic mass is 9.95. The van der Waals surface area contributed by atoms with Crippen LogP contribution < -0.4 is 19.1 Å². The van der Waals surface area contributed by atoms with E-state index in [1.54, 1.807) is 40.2 Å². The molecule has 1 aliphatic heterocycles. The maximum absolute atomic E-state index is 12.7. The van der Waals surface area contributed by atoms with Gasteiger partial charge in [0.1, 0.15) is 11.5 Å². The maximum atomic E-state index is 12.7. The van der Waals surface area contributed by atoms with Crippen LogP contribution in [0.5, 0.6) is 11.5 Å². The molecule has 2 amide bonds. The van der Waals surface area contributed by atoms with Gasteiger partial charge in [0.15, 0.2) is 0 Å². The van der Waals surface area contributed by atoms with E-state index >= 15 is 0 Å². The number of nitrogens with one attached hydrogen (secondary N) is 1. The van der Waals surface area contributed by atoms with Crippen molar-refractivity contribution < 1.29 is 27.5 Å². The average Bonchev–Trinajstić information content (AvgIpc) is 2.90. The molecule has 0 aromatic heterocycles. The summed E-state index contributed by atoms with van der Waals surface area (Å²) in [7, 11) is -0.756. The second kappa shape index (κ2) is 8.99. The Labute approximate surface area is 192 Å². The van der Waals surface area contributed by atoms with Crippen LogP contribution in [0.4, 0.5) is 5.69 Å². The molecule has 0 spiro atoms.